The number of para-hydroxylation sites is 2. The van der Waals surface area contributed by atoms with Crippen LogP contribution in [0, 0.1) is 5.92 Å². The van der Waals surface area contributed by atoms with Gasteiger partial charge in [-0.1, -0.05) is 30.3 Å². The summed E-state index contributed by atoms with van der Waals surface area (Å²) >= 11 is 1.64. The quantitative estimate of drug-likeness (QED) is 0.625. The molecule has 8 nitrogen and oxygen atoms in total. The van der Waals surface area contributed by atoms with Crippen LogP contribution in [0.5, 0.6) is 0 Å². The van der Waals surface area contributed by atoms with Crippen molar-refractivity contribution in [1.82, 2.24) is 19.8 Å². The van der Waals surface area contributed by atoms with E-state index in [1.807, 2.05) is 48.5 Å². The number of nitrogens with zero attached hydrogens (tertiary/aromatic N) is 3. The number of carbonyl (C=O) groups is 3. The summed E-state index contributed by atoms with van der Waals surface area (Å²) in [5.74, 6) is 0.403. The van der Waals surface area contributed by atoms with E-state index < -0.39 is 6.04 Å². The number of amides is 3. The molecule has 2 aromatic carbocycles. The van der Waals surface area contributed by atoms with Crippen LogP contribution in [0.4, 0.5) is 5.95 Å². The molecule has 0 saturated carbocycles. The number of aromatic amines is 1. The number of aromatic nitrogens is 2. The number of rotatable bonds is 3. The van der Waals surface area contributed by atoms with Crippen molar-refractivity contribution in [2.75, 3.05) is 24.2 Å². The molecule has 1 aromatic heterocycles. The first-order valence-corrected chi connectivity index (χ1v) is 12.2. The van der Waals surface area contributed by atoms with Crippen molar-refractivity contribution < 1.29 is 14.4 Å². The fourth-order valence-corrected chi connectivity index (χ4v) is 6.52. The van der Waals surface area contributed by atoms with Crippen LogP contribution < -0.4 is 5.32 Å². The number of hydrogen-bond acceptors (Lipinski definition) is 5. The van der Waals surface area contributed by atoms with Gasteiger partial charge in [0.15, 0.2) is 0 Å². The molecule has 0 spiro atoms. The Bertz CT molecular complexity index is 1240. The van der Waals surface area contributed by atoms with Crippen LogP contribution in [0.2, 0.25) is 0 Å². The lowest BCUT2D eigenvalue weighted by molar-refractivity contribution is -0.138. The van der Waals surface area contributed by atoms with Gasteiger partial charge in [-0.05, 0) is 36.6 Å². The summed E-state index contributed by atoms with van der Waals surface area (Å²) in [4.78, 5) is 50.4. The molecule has 3 aliphatic rings. The molecule has 9 heteroatoms. The van der Waals surface area contributed by atoms with E-state index in [0.29, 0.717) is 36.8 Å². The van der Waals surface area contributed by atoms with E-state index >= 15 is 0 Å². The van der Waals surface area contributed by atoms with E-state index in [1.165, 1.54) is 0 Å². The van der Waals surface area contributed by atoms with Crippen molar-refractivity contribution in [3.63, 3.8) is 0 Å². The largest absolute Gasteiger partial charge is 0.340 e. The minimum absolute atomic E-state index is 0.0626. The van der Waals surface area contributed by atoms with Gasteiger partial charge in [-0.2, -0.15) is 0 Å². The van der Waals surface area contributed by atoms with Crippen LogP contribution in [0.1, 0.15) is 34.1 Å². The van der Waals surface area contributed by atoms with E-state index in [2.05, 4.69) is 15.3 Å². The Balaban J connectivity index is 1.14. The van der Waals surface area contributed by atoms with Crippen molar-refractivity contribution in [1.29, 1.82) is 0 Å². The Morgan fingerprint density at radius 1 is 1.12 bits per heavy atom. The molecule has 168 valence electrons. The third-order valence-electron chi connectivity index (χ3n) is 6.71. The molecule has 3 aliphatic heterocycles. The van der Waals surface area contributed by atoms with Gasteiger partial charge < -0.3 is 14.8 Å². The van der Waals surface area contributed by atoms with Crippen molar-refractivity contribution in [2.45, 2.75) is 24.3 Å². The summed E-state index contributed by atoms with van der Waals surface area (Å²) in [6, 6.07) is 14.7. The maximum absolute atomic E-state index is 13.5. The lowest BCUT2D eigenvalue weighted by Crippen LogP contribution is -2.52. The molecule has 0 unspecified atom stereocenters. The standard InChI is InChI=1S/C24H23N5O3S/c30-20(27-24-25-17-9-3-4-10-18(17)26-24)14-6-5-11-28(12-14)22(32)19-13-33-23-16-8-2-1-7-15(16)21(31)29(19)23/h1-4,7-10,14,19,23H,5-6,11-13H2,(H2,25,26,27,30)/t14-,19+,23+/m1/s1. The summed E-state index contributed by atoms with van der Waals surface area (Å²) in [5.41, 5.74) is 3.33. The Morgan fingerprint density at radius 2 is 1.94 bits per heavy atom. The lowest BCUT2D eigenvalue weighted by Gasteiger charge is -2.35. The third kappa shape index (κ3) is 3.38. The summed E-state index contributed by atoms with van der Waals surface area (Å²) in [6.45, 7) is 0.958. The van der Waals surface area contributed by atoms with Crippen LogP contribution in [-0.4, -0.2) is 62.4 Å². The molecule has 0 radical (unpaired) electrons. The smallest absolute Gasteiger partial charge is 0.256 e. The Kier molecular flexibility index (Phi) is 4.86. The Hall–Kier alpha value is -3.33. The maximum atomic E-state index is 13.5. The number of H-pyrrole nitrogens is 1. The molecule has 6 rings (SSSR count). The van der Waals surface area contributed by atoms with Gasteiger partial charge in [0.25, 0.3) is 5.91 Å². The van der Waals surface area contributed by atoms with Gasteiger partial charge in [0, 0.05) is 24.4 Å². The number of thioether (sulfide) groups is 1. The molecular formula is C24H23N5O3S. The first-order valence-electron chi connectivity index (χ1n) is 11.2. The number of nitrogens with one attached hydrogen (secondary N) is 2. The molecule has 0 bridgehead atoms. The number of anilines is 1. The second-order valence-corrected chi connectivity index (χ2v) is 9.83. The van der Waals surface area contributed by atoms with E-state index in [-0.39, 0.29) is 29.0 Å². The van der Waals surface area contributed by atoms with Crippen molar-refractivity contribution in [3.05, 3.63) is 59.7 Å². The molecule has 2 saturated heterocycles. The van der Waals surface area contributed by atoms with Gasteiger partial charge in [0.1, 0.15) is 11.4 Å². The van der Waals surface area contributed by atoms with E-state index in [4.69, 9.17) is 0 Å². The van der Waals surface area contributed by atoms with Crippen LogP contribution in [0.15, 0.2) is 48.5 Å². The number of carbonyl (C=O) groups excluding carboxylic acids is 3. The zero-order valence-electron chi connectivity index (χ0n) is 17.9. The number of benzene rings is 2. The molecule has 0 aliphatic carbocycles. The summed E-state index contributed by atoms with van der Waals surface area (Å²) in [7, 11) is 0. The molecule has 2 N–H and O–H groups in total. The topological polar surface area (TPSA) is 98.4 Å². The summed E-state index contributed by atoms with van der Waals surface area (Å²) < 4.78 is 0. The second kappa shape index (κ2) is 7.91. The van der Waals surface area contributed by atoms with Gasteiger partial charge in [-0.25, -0.2) is 4.98 Å². The Labute approximate surface area is 194 Å². The van der Waals surface area contributed by atoms with Gasteiger partial charge in [-0.15, -0.1) is 11.8 Å². The van der Waals surface area contributed by atoms with Crippen molar-refractivity contribution in [3.8, 4) is 0 Å². The van der Waals surface area contributed by atoms with Gasteiger partial charge in [0.05, 0.1) is 17.0 Å². The number of imidazole rings is 1. The maximum Gasteiger partial charge on any atom is 0.256 e. The van der Waals surface area contributed by atoms with E-state index in [1.54, 1.807) is 21.6 Å². The van der Waals surface area contributed by atoms with Crippen LogP contribution >= 0.6 is 11.8 Å². The third-order valence-corrected chi connectivity index (χ3v) is 8.02. The number of fused-ring (bicyclic) bond motifs is 4. The highest BCUT2D eigenvalue weighted by Gasteiger charge is 2.49. The molecule has 33 heavy (non-hydrogen) atoms. The van der Waals surface area contributed by atoms with Gasteiger partial charge >= 0.3 is 0 Å². The van der Waals surface area contributed by atoms with Crippen molar-refractivity contribution >= 4 is 46.5 Å². The highest BCUT2D eigenvalue weighted by Crippen LogP contribution is 2.48. The molecule has 3 atom stereocenters. The van der Waals surface area contributed by atoms with Crippen molar-refractivity contribution in [2.24, 2.45) is 5.92 Å². The first kappa shape index (κ1) is 20.3. The van der Waals surface area contributed by atoms with Crippen LogP contribution in [0.3, 0.4) is 0 Å². The molecule has 3 amide bonds. The number of piperidine rings is 1. The fraction of sp³-hybridized carbons (Fsp3) is 0.333. The molecule has 4 heterocycles. The highest BCUT2D eigenvalue weighted by atomic mass is 32.2. The zero-order chi connectivity index (χ0) is 22.5. The predicted molar refractivity (Wildman–Crippen MR) is 126 cm³/mol. The number of hydrogen-bond donors (Lipinski definition) is 2. The monoisotopic (exact) mass is 461 g/mol. The zero-order valence-corrected chi connectivity index (χ0v) is 18.7. The predicted octanol–water partition coefficient (Wildman–Crippen LogP) is 3.01. The number of likely N-dealkylation sites (tertiary alicyclic amines) is 1. The average Bonchev–Trinajstić information content (AvgIpc) is 3.53. The minimum Gasteiger partial charge on any atom is -0.340 e. The summed E-state index contributed by atoms with van der Waals surface area (Å²) in [5, 5.41) is 2.78. The fourth-order valence-electron chi connectivity index (χ4n) is 5.06. The van der Waals surface area contributed by atoms with Gasteiger partial charge in [-0.3, -0.25) is 19.7 Å². The summed E-state index contributed by atoms with van der Waals surface area (Å²) in [6.07, 6.45) is 1.47. The highest BCUT2D eigenvalue weighted by molar-refractivity contribution is 7.99. The van der Waals surface area contributed by atoms with Crippen LogP contribution in [-0.2, 0) is 9.59 Å². The lowest BCUT2D eigenvalue weighted by atomic mass is 9.96. The average molecular weight is 462 g/mol. The molecule has 3 aromatic rings. The second-order valence-electron chi connectivity index (χ2n) is 8.72. The molecular weight excluding hydrogens is 438 g/mol. The first-order chi connectivity index (χ1) is 16.1. The molecule has 2 fully saturated rings. The van der Waals surface area contributed by atoms with Crippen LogP contribution in [0.25, 0.3) is 11.0 Å². The van der Waals surface area contributed by atoms with E-state index in [9.17, 15) is 14.4 Å². The normalized spacial score (nSPS) is 24.1. The Morgan fingerprint density at radius 3 is 2.82 bits per heavy atom. The minimum atomic E-state index is -0.489. The SMILES string of the molecule is O=C(Nc1nc2ccccc2[nH]1)[C@@H]1CCCN(C(=O)[C@@H]2CS[C@H]3c4ccccc4C(=O)N23)C1. The van der Waals surface area contributed by atoms with Gasteiger partial charge in [0.2, 0.25) is 17.8 Å². The van der Waals surface area contributed by atoms with E-state index in [0.717, 1.165) is 23.0 Å².